The molecule has 0 amide bonds. The molecular weight excluding hydrogens is 231 g/mol. The lowest BCUT2D eigenvalue weighted by Gasteiger charge is -2.22. The molecule has 0 radical (unpaired) electrons. The van der Waals surface area contributed by atoms with E-state index in [0.717, 1.165) is 38.1 Å². The molecule has 3 nitrogen and oxygen atoms in total. The van der Waals surface area contributed by atoms with E-state index in [4.69, 9.17) is 10.00 Å². The van der Waals surface area contributed by atoms with E-state index in [-0.39, 0.29) is 5.56 Å². The number of hydrogen-bond acceptors (Lipinski definition) is 3. The zero-order valence-corrected chi connectivity index (χ0v) is 10.3. The van der Waals surface area contributed by atoms with Gasteiger partial charge in [-0.1, -0.05) is 6.07 Å². The van der Waals surface area contributed by atoms with Gasteiger partial charge in [0.1, 0.15) is 11.9 Å². The number of nitrogens with one attached hydrogen (secondary N) is 1. The summed E-state index contributed by atoms with van der Waals surface area (Å²) in [5, 5.41) is 12.0. The van der Waals surface area contributed by atoms with Gasteiger partial charge < -0.3 is 10.1 Å². The molecule has 18 heavy (non-hydrogen) atoms. The van der Waals surface area contributed by atoms with Crippen LogP contribution in [0.15, 0.2) is 18.2 Å². The summed E-state index contributed by atoms with van der Waals surface area (Å²) in [6.45, 7) is 3.30. The SMILES string of the molecule is N#Cc1cc(COCC2CCNCC2)ccc1F. The highest BCUT2D eigenvalue weighted by molar-refractivity contribution is 5.34. The Morgan fingerprint density at radius 2 is 2.17 bits per heavy atom. The van der Waals surface area contributed by atoms with Crippen LogP contribution in [0.3, 0.4) is 0 Å². The lowest BCUT2D eigenvalue weighted by molar-refractivity contribution is 0.0763. The molecule has 0 spiro atoms. The van der Waals surface area contributed by atoms with Crippen LogP contribution in [-0.2, 0) is 11.3 Å². The number of rotatable bonds is 4. The van der Waals surface area contributed by atoms with Crippen LogP contribution < -0.4 is 5.32 Å². The molecule has 1 saturated heterocycles. The first-order valence-corrected chi connectivity index (χ1v) is 6.26. The zero-order chi connectivity index (χ0) is 12.8. The monoisotopic (exact) mass is 248 g/mol. The molecular formula is C14H17FN2O. The first-order chi connectivity index (χ1) is 8.79. The van der Waals surface area contributed by atoms with Gasteiger partial charge in [-0.25, -0.2) is 4.39 Å². The van der Waals surface area contributed by atoms with Gasteiger partial charge in [-0.3, -0.25) is 0 Å². The van der Waals surface area contributed by atoms with Crippen molar-refractivity contribution >= 4 is 0 Å². The number of piperidine rings is 1. The third kappa shape index (κ3) is 3.52. The van der Waals surface area contributed by atoms with Crippen molar-refractivity contribution in [2.45, 2.75) is 19.4 Å². The van der Waals surface area contributed by atoms with Gasteiger partial charge in [0.2, 0.25) is 0 Å². The van der Waals surface area contributed by atoms with Crippen molar-refractivity contribution < 1.29 is 9.13 Å². The van der Waals surface area contributed by atoms with Gasteiger partial charge in [0.05, 0.1) is 12.2 Å². The highest BCUT2D eigenvalue weighted by Crippen LogP contribution is 2.14. The van der Waals surface area contributed by atoms with Gasteiger partial charge in [0.25, 0.3) is 0 Å². The molecule has 2 rings (SSSR count). The first-order valence-electron chi connectivity index (χ1n) is 6.26. The third-order valence-corrected chi connectivity index (χ3v) is 3.23. The maximum absolute atomic E-state index is 13.1. The lowest BCUT2D eigenvalue weighted by Crippen LogP contribution is -2.29. The molecule has 96 valence electrons. The average molecular weight is 248 g/mol. The molecule has 1 fully saturated rings. The molecule has 1 heterocycles. The van der Waals surface area contributed by atoms with Gasteiger partial charge >= 0.3 is 0 Å². The fourth-order valence-electron chi connectivity index (χ4n) is 2.14. The Morgan fingerprint density at radius 1 is 1.39 bits per heavy atom. The first kappa shape index (κ1) is 13.0. The van der Waals surface area contributed by atoms with Crippen molar-refractivity contribution in [2.75, 3.05) is 19.7 Å². The molecule has 0 unspecified atom stereocenters. The van der Waals surface area contributed by atoms with Crippen LogP contribution in [0.25, 0.3) is 0 Å². The van der Waals surface area contributed by atoms with Crippen LogP contribution in [0.1, 0.15) is 24.0 Å². The van der Waals surface area contributed by atoms with E-state index >= 15 is 0 Å². The number of benzene rings is 1. The smallest absolute Gasteiger partial charge is 0.140 e. The molecule has 1 aliphatic heterocycles. The standard InChI is InChI=1S/C14H17FN2O/c15-14-2-1-12(7-13(14)8-16)10-18-9-11-3-5-17-6-4-11/h1-2,7,11,17H,3-6,9-10H2. The molecule has 1 N–H and O–H groups in total. The lowest BCUT2D eigenvalue weighted by atomic mass is 9.99. The van der Waals surface area contributed by atoms with Crippen molar-refractivity contribution in [2.24, 2.45) is 5.92 Å². The van der Waals surface area contributed by atoms with E-state index < -0.39 is 5.82 Å². The molecule has 1 aromatic rings. The minimum absolute atomic E-state index is 0.0815. The predicted molar refractivity (Wildman–Crippen MR) is 66.4 cm³/mol. The number of hydrogen-bond donors (Lipinski definition) is 1. The Hall–Kier alpha value is -1.44. The summed E-state index contributed by atoms with van der Waals surface area (Å²) in [5.74, 6) is 0.141. The van der Waals surface area contributed by atoms with E-state index in [9.17, 15) is 4.39 Å². The normalized spacial score (nSPS) is 16.4. The van der Waals surface area contributed by atoms with Gasteiger partial charge in [-0.05, 0) is 49.5 Å². The summed E-state index contributed by atoms with van der Waals surface area (Å²) in [6.07, 6.45) is 2.29. The van der Waals surface area contributed by atoms with Gasteiger partial charge in [0.15, 0.2) is 0 Å². The van der Waals surface area contributed by atoms with E-state index in [1.807, 2.05) is 6.07 Å². The second-order valence-electron chi connectivity index (χ2n) is 4.63. The fourth-order valence-corrected chi connectivity index (χ4v) is 2.14. The second kappa shape index (κ2) is 6.48. The summed E-state index contributed by atoms with van der Waals surface area (Å²) < 4.78 is 18.8. The maximum atomic E-state index is 13.1. The Bertz CT molecular complexity index is 436. The fraction of sp³-hybridized carbons (Fsp3) is 0.500. The van der Waals surface area contributed by atoms with Crippen molar-refractivity contribution in [3.8, 4) is 6.07 Å². The van der Waals surface area contributed by atoms with Crippen LogP contribution in [0.5, 0.6) is 0 Å². The van der Waals surface area contributed by atoms with Crippen molar-refractivity contribution in [3.63, 3.8) is 0 Å². The molecule has 1 aliphatic rings. The molecule has 1 aromatic carbocycles. The van der Waals surface area contributed by atoms with Crippen LogP contribution in [-0.4, -0.2) is 19.7 Å². The van der Waals surface area contributed by atoms with Gasteiger partial charge in [-0.2, -0.15) is 5.26 Å². The quantitative estimate of drug-likeness (QED) is 0.888. The topological polar surface area (TPSA) is 45.0 Å². The van der Waals surface area contributed by atoms with Crippen LogP contribution in [0.4, 0.5) is 4.39 Å². The molecule has 0 bridgehead atoms. The summed E-state index contributed by atoms with van der Waals surface area (Å²) >= 11 is 0. The summed E-state index contributed by atoms with van der Waals surface area (Å²) in [6, 6.07) is 6.38. The Labute approximate surface area is 107 Å². The van der Waals surface area contributed by atoms with Gasteiger partial charge in [-0.15, -0.1) is 0 Å². The molecule has 0 atom stereocenters. The highest BCUT2D eigenvalue weighted by atomic mass is 19.1. The molecule has 4 heteroatoms. The van der Waals surface area contributed by atoms with Crippen molar-refractivity contribution in [1.29, 1.82) is 5.26 Å². The van der Waals surface area contributed by atoms with Crippen molar-refractivity contribution in [1.82, 2.24) is 5.32 Å². The van der Waals surface area contributed by atoms with E-state index in [2.05, 4.69) is 5.32 Å². The zero-order valence-electron chi connectivity index (χ0n) is 10.3. The van der Waals surface area contributed by atoms with Crippen LogP contribution in [0, 0.1) is 23.1 Å². The van der Waals surface area contributed by atoms with E-state index in [1.165, 1.54) is 6.07 Å². The third-order valence-electron chi connectivity index (χ3n) is 3.23. The largest absolute Gasteiger partial charge is 0.376 e. The minimum Gasteiger partial charge on any atom is -0.376 e. The Balaban J connectivity index is 1.81. The van der Waals surface area contributed by atoms with Crippen LogP contribution in [0.2, 0.25) is 0 Å². The maximum Gasteiger partial charge on any atom is 0.140 e. The molecule has 0 aromatic heterocycles. The minimum atomic E-state index is -0.473. The number of halogens is 1. The molecule has 0 aliphatic carbocycles. The second-order valence-corrected chi connectivity index (χ2v) is 4.63. The number of nitrogens with zero attached hydrogens (tertiary/aromatic N) is 1. The van der Waals surface area contributed by atoms with E-state index in [0.29, 0.717) is 12.5 Å². The predicted octanol–water partition coefficient (Wildman–Crippen LogP) is 2.21. The van der Waals surface area contributed by atoms with Crippen molar-refractivity contribution in [3.05, 3.63) is 35.1 Å². The highest BCUT2D eigenvalue weighted by Gasteiger charge is 2.12. The molecule has 0 saturated carbocycles. The van der Waals surface area contributed by atoms with E-state index in [1.54, 1.807) is 12.1 Å². The Kier molecular flexibility index (Phi) is 4.68. The summed E-state index contributed by atoms with van der Waals surface area (Å²) in [4.78, 5) is 0. The summed E-state index contributed by atoms with van der Waals surface area (Å²) in [5.41, 5.74) is 0.930. The number of nitriles is 1. The Morgan fingerprint density at radius 3 is 2.89 bits per heavy atom. The van der Waals surface area contributed by atoms with Crippen LogP contribution >= 0.6 is 0 Å². The summed E-state index contributed by atoms with van der Waals surface area (Å²) in [7, 11) is 0. The average Bonchev–Trinajstić information content (AvgIpc) is 2.42. The number of ether oxygens (including phenoxy) is 1. The van der Waals surface area contributed by atoms with Gasteiger partial charge in [0, 0.05) is 6.61 Å².